The first-order valence-corrected chi connectivity index (χ1v) is 3.32. The van der Waals surface area contributed by atoms with Crippen molar-refractivity contribution in [3.05, 3.63) is 0 Å². The predicted molar refractivity (Wildman–Crippen MR) is 33.4 cm³/mol. The summed E-state index contributed by atoms with van der Waals surface area (Å²) in [6.45, 7) is -1.34. The second kappa shape index (κ2) is 3.13. The highest BCUT2D eigenvalue weighted by Crippen LogP contribution is 2.20. The van der Waals surface area contributed by atoms with E-state index in [0.717, 1.165) is 0 Å². The third kappa shape index (κ3) is 1.33. The summed E-state index contributed by atoms with van der Waals surface area (Å²) in [7, 11) is 0. The van der Waals surface area contributed by atoms with Crippen molar-refractivity contribution in [1.29, 1.82) is 0 Å². The van der Waals surface area contributed by atoms with Gasteiger partial charge in [-0.15, -0.1) is 0 Å². The van der Waals surface area contributed by atoms with Crippen molar-refractivity contribution in [2.24, 2.45) is 5.92 Å². The Bertz CT molecular complexity index is 165. The van der Waals surface area contributed by atoms with Crippen LogP contribution in [0.5, 0.6) is 0 Å². The van der Waals surface area contributed by atoms with Gasteiger partial charge in [0.25, 0.3) is 5.91 Å². The van der Waals surface area contributed by atoms with Crippen LogP contribution in [0.2, 0.25) is 0 Å². The van der Waals surface area contributed by atoms with Crippen molar-refractivity contribution in [1.82, 2.24) is 5.32 Å². The van der Waals surface area contributed by atoms with Gasteiger partial charge in [0.2, 0.25) is 0 Å². The van der Waals surface area contributed by atoms with E-state index >= 15 is 0 Å². The highest BCUT2D eigenvalue weighted by Gasteiger charge is 2.42. The number of halogens is 2. The number of hydrogen-bond donors (Lipinski definition) is 2. The van der Waals surface area contributed by atoms with E-state index in [1.807, 2.05) is 0 Å². The first-order chi connectivity index (χ1) is 5.20. The zero-order valence-corrected chi connectivity index (χ0v) is 5.76. The Labute approximate surface area is 62.4 Å². The molecule has 64 valence electrons. The van der Waals surface area contributed by atoms with Crippen LogP contribution in [-0.4, -0.2) is 36.5 Å². The van der Waals surface area contributed by atoms with Crippen LogP contribution >= 0.6 is 0 Å². The third-order valence-corrected chi connectivity index (χ3v) is 1.85. The zero-order valence-electron chi connectivity index (χ0n) is 5.76. The topological polar surface area (TPSA) is 49.3 Å². The average molecular weight is 165 g/mol. The predicted octanol–water partition coefficient (Wildman–Crippen LogP) is -0.599. The number of alkyl halides is 2. The van der Waals surface area contributed by atoms with Crippen LogP contribution < -0.4 is 5.32 Å². The van der Waals surface area contributed by atoms with Crippen molar-refractivity contribution >= 4 is 5.91 Å². The summed E-state index contributed by atoms with van der Waals surface area (Å²) >= 11 is 0. The minimum Gasteiger partial charge on any atom is -0.394 e. The fourth-order valence-corrected chi connectivity index (χ4v) is 1.13. The van der Waals surface area contributed by atoms with Crippen LogP contribution in [0.4, 0.5) is 8.78 Å². The molecule has 1 rings (SSSR count). The van der Waals surface area contributed by atoms with Gasteiger partial charge in [-0.05, 0) is 0 Å². The molecule has 1 heterocycles. The molecule has 0 aromatic heterocycles. The molecule has 11 heavy (non-hydrogen) atoms. The molecule has 5 heteroatoms. The fraction of sp³-hybridized carbons (Fsp3) is 0.833. The van der Waals surface area contributed by atoms with Crippen LogP contribution in [0.3, 0.4) is 0 Å². The highest BCUT2D eigenvalue weighted by atomic mass is 19.1. The summed E-state index contributed by atoms with van der Waals surface area (Å²) in [5.74, 6) is -1.85. The minimum atomic E-state index is -1.81. The standard InChI is InChI=1S/C6H9F2NO2/c7-1-3-4(2-10)9-6(11)5(3)8/h3-5,10H,1-2H2,(H,9,11)/t3-,4+,5+/m0/s1. The Balaban J connectivity index is 2.64. The normalized spacial score (nSPS) is 37.4. The quantitative estimate of drug-likeness (QED) is 0.574. The van der Waals surface area contributed by atoms with E-state index in [1.165, 1.54) is 0 Å². The fourth-order valence-electron chi connectivity index (χ4n) is 1.13. The zero-order chi connectivity index (χ0) is 8.43. The van der Waals surface area contributed by atoms with Crippen molar-refractivity contribution in [3.63, 3.8) is 0 Å². The number of hydrogen-bond acceptors (Lipinski definition) is 2. The lowest BCUT2D eigenvalue weighted by Crippen LogP contribution is -2.33. The summed E-state index contributed by atoms with van der Waals surface area (Å²) in [4.78, 5) is 10.5. The van der Waals surface area contributed by atoms with Crippen molar-refractivity contribution in [2.75, 3.05) is 13.3 Å². The number of carbonyl (C=O) groups excluding carboxylic acids is 1. The van der Waals surface area contributed by atoms with Gasteiger partial charge in [-0.2, -0.15) is 0 Å². The highest BCUT2D eigenvalue weighted by molar-refractivity contribution is 5.83. The molecule has 0 bridgehead atoms. The lowest BCUT2D eigenvalue weighted by Gasteiger charge is -2.12. The molecule has 2 N–H and O–H groups in total. The Hall–Kier alpha value is -0.710. The number of carbonyl (C=O) groups is 1. The van der Waals surface area contributed by atoms with Crippen LogP contribution in [0.15, 0.2) is 0 Å². The van der Waals surface area contributed by atoms with Gasteiger partial charge in [-0.1, -0.05) is 0 Å². The molecule has 1 aliphatic rings. The number of aliphatic hydroxyl groups is 1. The molecule has 0 spiro atoms. The van der Waals surface area contributed by atoms with Gasteiger partial charge in [0.1, 0.15) is 0 Å². The lowest BCUT2D eigenvalue weighted by molar-refractivity contribution is -0.124. The first kappa shape index (κ1) is 8.39. The molecule has 1 amide bonds. The maximum absolute atomic E-state index is 12.7. The smallest absolute Gasteiger partial charge is 0.255 e. The summed E-state index contributed by atoms with van der Waals surface area (Å²) in [6, 6.07) is -0.762. The Morgan fingerprint density at radius 2 is 2.27 bits per heavy atom. The van der Waals surface area contributed by atoms with Crippen molar-refractivity contribution in [2.45, 2.75) is 12.2 Å². The van der Waals surface area contributed by atoms with Gasteiger partial charge in [0.05, 0.1) is 25.2 Å². The Kier molecular flexibility index (Phi) is 2.38. The second-order valence-corrected chi connectivity index (χ2v) is 2.52. The van der Waals surface area contributed by atoms with E-state index in [2.05, 4.69) is 5.32 Å². The lowest BCUT2D eigenvalue weighted by atomic mass is 10.0. The van der Waals surface area contributed by atoms with E-state index in [1.54, 1.807) is 0 Å². The van der Waals surface area contributed by atoms with Crippen LogP contribution in [0.1, 0.15) is 0 Å². The van der Waals surface area contributed by atoms with Gasteiger partial charge in [0.15, 0.2) is 6.17 Å². The summed E-state index contributed by atoms with van der Waals surface area (Å²) in [5, 5.41) is 10.7. The maximum Gasteiger partial charge on any atom is 0.255 e. The molecule has 1 aliphatic heterocycles. The molecule has 3 atom stereocenters. The van der Waals surface area contributed by atoms with Gasteiger partial charge in [-0.3, -0.25) is 9.18 Å². The average Bonchev–Trinajstić information content (AvgIpc) is 2.28. The van der Waals surface area contributed by atoms with E-state index in [-0.39, 0.29) is 0 Å². The van der Waals surface area contributed by atoms with E-state index in [9.17, 15) is 13.6 Å². The molecule has 0 radical (unpaired) electrons. The molecule has 0 aromatic rings. The molecule has 0 saturated carbocycles. The van der Waals surface area contributed by atoms with Gasteiger partial charge >= 0.3 is 0 Å². The van der Waals surface area contributed by atoms with Crippen molar-refractivity contribution in [3.8, 4) is 0 Å². The Morgan fingerprint density at radius 3 is 2.64 bits per heavy atom. The summed E-state index contributed by atoms with van der Waals surface area (Å²) in [5.41, 5.74) is 0. The van der Waals surface area contributed by atoms with Gasteiger partial charge in [0, 0.05) is 0 Å². The monoisotopic (exact) mass is 165 g/mol. The number of aliphatic hydroxyl groups excluding tert-OH is 1. The van der Waals surface area contributed by atoms with Crippen LogP contribution in [0.25, 0.3) is 0 Å². The minimum absolute atomic E-state index is 0.416. The summed E-state index contributed by atoms with van der Waals surface area (Å²) in [6.07, 6.45) is -1.81. The molecule has 0 unspecified atom stereocenters. The maximum atomic E-state index is 12.7. The molecule has 0 aliphatic carbocycles. The molecular weight excluding hydrogens is 156 g/mol. The number of amides is 1. The van der Waals surface area contributed by atoms with Gasteiger partial charge in [-0.25, -0.2) is 4.39 Å². The third-order valence-electron chi connectivity index (χ3n) is 1.85. The van der Waals surface area contributed by atoms with Crippen molar-refractivity contribution < 1.29 is 18.7 Å². The second-order valence-electron chi connectivity index (χ2n) is 2.52. The molecular formula is C6H9F2NO2. The van der Waals surface area contributed by atoms with Crippen LogP contribution in [0, 0.1) is 5.92 Å². The summed E-state index contributed by atoms with van der Waals surface area (Å²) < 4.78 is 24.7. The van der Waals surface area contributed by atoms with Gasteiger partial charge < -0.3 is 10.4 Å². The largest absolute Gasteiger partial charge is 0.394 e. The van der Waals surface area contributed by atoms with Crippen LogP contribution in [-0.2, 0) is 4.79 Å². The Morgan fingerprint density at radius 1 is 1.64 bits per heavy atom. The van der Waals surface area contributed by atoms with E-state index in [0.29, 0.717) is 0 Å². The molecule has 1 fully saturated rings. The number of nitrogens with one attached hydrogen (secondary N) is 1. The molecule has 3 nitrogen and oxygen atoms in total. The van der Waals surface area contributed by atoms with E-state index in [4.69, 9.17) is 5.11 Å². The SMILES string of the molecule is O=C1N[C@H](CO)[C@H](CF)[C@H]1F. The number of rotatable bonds is 2. The molecule has 0 aromatic carbocycles. The first-order valence-electron chi connectivity index (χ1n) is 3.32. The molecule has 1 saturated heterocycles. The van der Waals surface area contributed by atoms with E-state index < -0.39 is 37.3 Å².